The fourth-order valence-corrected chi connectivity index (χ4v) is 1.73. The van der Waals surface area contributed by atoms with Crippen LogP contribution in [0.2, 0.25) is 0 Å². The lowest BCUT2D eigenvalue weighted by Gasteiger charge is -2.06. The highest BCUT2D eigenvalue weighted by Crippen LogP contribution is 2.15. The number of carbonyl (C=O) groups is 1. The fraction of sp³-hybridized carbons (Fsp3) is 0.0909. The molecule has 0 bridgehead atoms. The van der Waals surface area contributed by atoms with E-state index < -0.39 is 0 Å². The Morgan fingerprint density at radius 3 is 3.06 bits per heavy atom. The number of hydrogen-bond acceptors (Lipinski definition) is 2. The second-order valence-electron chi connectivity index (χ2n) is 3.36. The molecular formula is C11H9BrFN3O. The van der Waals surface area contributed by atoms with E-state index in [2.05, 4.69) is 26.2 Å². The highest BCUT2D eigenvalue weighted by atomic mass is 79.9. The lowest BCUT2D eigenvalue weighted by molar-refractivity contribution is 0.242. The highest BCUT2D eigenvalue weighted by Gasteiger charge is 2.06. The number of nitrogens with one attached hydrogen (secondary N) is 1. The van der Waals surface area contributed by atoms with Gasteiger partial charge in [-0.15, -0.1) is 0 Å². The zero-order valence-electron chi connectivity index (χ0n) is 8.73. The smallest absolute Gasteiger partial charge is 0.327 e. The van der Waals surface area contributed by atoms with Crippen LogP contribution in [0, 0.1) is 5.82 Å². The number of amides is 1. The second-order valence-corrected chi connectivity index (χ2v) is 4.28. The van der Waals surface area contributed by atoms with Crippen LogP contribution in [0.5, 0.6) is 0 Å². The van der Waals surface area contributed by atoms with Gasteiger partial charge in [-0.1, -0.05) is 15.9 Å². The number of hydrogen-bond donors (Lipinski definition) is 1. The molecule has 4 nitrogen and oxygen atoms in total. The van der Waals surface area contributed by atoms with E-state index in [4.69, 9.17) is 0 Å². The first kappa shape index (κ1) is 11.8. The van der Waals surface area contributed by atoms with Crippen molar-refractivity contribution in [3.05, 3.63) is 52.8 Å². The van der Waals surface area contributed by atoms with Crippen molar-refractivity contribution < 1.29 is 9.18 Å². The quantitative estimate of drug-likeness (QED) is 0.926. The number of nitrogens with zero attached hydrogens (tertiary/aromatic N) is 2. The van der Waals surface area contributed by atoms with Crippen LogP contribution >= 0.6 is 15.9 Å². The molecule has 1 N–H and O–H groups in total. The molecule has 2 rings (SSSR count). The van der Waals surface area contributed by atoms with E-state index in [9.17, 15) is 9.18 Å². The third-order valence-corrected chi connectivity index (χ3v) is 2.67. The number of halogens is 2. The van der Waals surface area contributed by atoms with Gasteiger partial charge < -0.3 is 5.32 Å². The maximum atomic E-state index is 13.4. The summed E-state index contributed by atoms with van der Waals surface area (Å²) in [7, 11) is 0. The van der Waals surface area contributed by atoms with Crippen LogP contribution in [0.25, 0.3) is 0 Å². The van der Waals surface area contributed by atoms with Crippen LogP contribution in [-0.4, -0.2) is 15.6 Å². The molecule has 0 saturated heterocycles. The number of aromatic nitrogens is 2. The molecule has 1 aromatic carbocycles. The molecule has 0 aliphatic carbocycles. The van der Waals surface area contributed by atoms with Gasteiger partial charge >= 0.3 is 6.03 Å². The molecule has 0 radical (unpaired) electrons. The van der Waals surface area contributed by atoms with Gasteiger partial charge in [0.1, 0.15) is 12.1 Å². The molecule has 0 aliphatic heterocycles. The number of imidazole rings is 1. The Labute approximate surface area is 106 Å². The van der Waals surface area contributed by atoms with Gasteiger partial charge in [0.25, 0.3) is 0 Å². The summed E-state index contributed by atoms with van der Waals surface area (Å²) in [6, 6.07) is 4.24. The van der Waals surface area contributed by atoms with Crippen LogP contribution in [0.15, 0.2) is 41.4 Å². The first-order valence-corrected chi connectivity index (χ1v) is 5.66. The summed E-state index contributed by atoms with van der Waals surface area (Å²) >= 11 is 3.25. The summed E-state index contributed by atoms with van der Waals surface area (Å²) in [6.45, 7) is 0.127. The van der Waals surface area contributed by atoms with Gasteiger partial charge in [0.15, 0.2) is 0 Å². The van der Waals surface area contributed by atoms with Crippen LogP contribution in [0.3, 0.4) is 0 Å². The van der Waals surface area contributed by atoms with Crippen molar-refractivity contribution in [2.75, 3.05) is 0 Å². The van der Waals surface area contributed by atoms with Crippen molar-refractivity contribution in [3.63, 3.8) is 0 Å². The Bertz CT molecular complexity index is 528. The minimum absolute atomic E-state index is 0.127. The Hall–Kier alpha value is -1.69. The Balaban J connectivity index is 2.03. The monoisotopic (exact) mass is 297 g/mol. The van der Waals surface area contributed by atoms with E-state index in [1.54, 1.807) is 12.1 Å². The van der Waals surface area contributed by atoms with Crippen LogP contribution < -0.4 is 5.32 Å². The standard InChI is InChI=1S/C11H9BrFN3O/c12-9-1-2-10(13)8(5-9)6-15-11(17)16-4-3-14-7-16/h1-5,7H,6H2,(H,15,17). The van der Waals surface area contributed by atoms with Gasteiger partial charge in [0, 0.05) is 29.0 Å². The molecule has 6 heteroatoms. The normalized spacial score (nSPS) is 10.2. The zero-order chi connectivity index (χ0) is 12.3. The topological polar surface area (TPSA) is 46.9 Å². The third-order valence-electron chi connectivity index (χ3n) is 2.18. The van der Waals surface area contributed by atoms with Gasteiger partial charge in [0.2, 0.25) is 0 Å². The number of rotatable bonds is 2. The lowest BCUT2D eigenvalue weighted by Crippen LogP contribution is -2.27. The summed E-state index contributed by atoms with van der Waals surface area (Å²) < 4.78 is 15.4. The van der Waals surface area contributed by atoms with E-state index in [1.807, 2.05) is 0 Å². The van der Waals surface area contributed by atoms with Gasteiger partial charge in [-0.05, 0) is 18.2 Å². The number of benzene rings is 1. The van der Waals surface area contributed by atoms with E-state index in [0.717, 1.165) is 4.47 Å². The summed E-state index contributed by atoms with van der Waals surface area (Å²) in [4.78, 5) is 15.3. The fourth-order valence-electron chi connectivity index (χ4n) is 1.32. The number of carbonyl (C=O) groups excluding carboxylic acids is 1. The van der Waals surface area contributed by atoms with Crippen molar-refractivity contribution in [2.45, 2.75) is 6.54 Å². The Kier molecular flexibility index (Phi) is 3.53. The molecule has 17 heavy (non-hydrogen) atoms. The molecule has 0 atom stereocenters. The van der Waals surface area contributed by atoms with Crippen molar-refractivity contribution in [1.29, 1.82) is 0 Å². The molecule has 0 saturated carbocycles. The minimum Gasteiger partial charge on any atom is -0.333 e. The third kappa shape index (κ3) is 2.91. The van der Waals surface area contributed by atoms with Crippen LogP contribution in [0.1, 0.15) is 5.56 Å². The molecule has 2 aromatic rings. The molecule has 88 valence electrons. The second kappa shape index (κ2) is 5.09. The average Bonchev–Trinajstić information content (AvgIpc) is 2.83. The van der Waals surface area contributed by atoms with Gasteiger partial charge in [-0.25, -0.2) is 14.2 Å². The first-order valence-electron chi connectivity index (χ1n) is 4.87. The van der Waals surface area contributed by atoms with Gasteiger partial charge in [-0.3, -0.25) is 4.57 Å². The SMILES string of the molecule is O=C(NCc1cc(Br)ccc1F)n1ccnc1. The average molecular weight is 298 g/mol. The van der Waals surface area contributed by atoms with Crippen molar-refractivity contribution in [3.8, 4) is 0 Å². The van der Waals surface area contributed by atoms with E-state index >= 15 is 0 Å². The molecule has 1 amide bonds. The predicted molar refractivity (Wildman–Crippen MR) is 64.0 cm³/mol. The summed E-state index contributed by atoms with van der Waals surface area (Å²) in [5, 5.41) is 2.59. The molecule has 0 aliphatic rings. The molecule has 1 aromatic heterocycles. The maximum absolute atomic E-state index is 13.4. The molecular weight excluding hydrogens is 289 g/mol. The van der Waals surface area contributed by atoms with E-state index in [0.29, 0.717) is 5.56 Å². The van der Waals surface area contributed by atoms with Crippen LogP contribution in [0.4, 0.5) is 9.18 Å². The first-order chi connectivity index (χ1) is 8.16. The Morgan fingerprint density at radius 1 is 1.53 bits per heavy atom. The minimum atomic E-state index is -0.348. The van der Waals surface area contributed by atoms with Gasteiger partial charge in [-0.2, -0.15) is 0 Å². The van der Waals surface area contributed by atoms with Crippen LogP contribution in [-0.2, 0) is 6.54 Å². The molecule has 0 spiro atoms. The maximum Gasteiger partial charge on any atom is 0.327 e. The summed E-state index contributed by atoms with van der Waals surface area (Å²) in [5.74, 6) is -0.348. The van der Waals surface area contributed by atoms with Gasteiger partial charge in [0.05, 0.1) is 0 Å². The molecule has 0 unspecified atom stereocenters. The molecule has 0 fully saturated rings. The van der Waals surface area contributed by atoms with Crippen molar-refractivity contribution in [2.24, 2.45) is 0 Å². The molecule has 1 heterocycles. The Morgan fingerprint density at radius 2 is 2.35 bits per heavy atom. The summed E-state index contributed by atoms with van der Waals surface area (Å²) in [6.07, 6.45) is 4.40. The highest BCUT2D eigenvalue weighted by molar-refractivity contribution is 9.10. The van der Waals surface area contributed by atoms with E-state index in [-0.39, 0.29) is 18.4 Å². The summed E-state index contributed by atoms with van der Waals surface area (Å²) in [5.41, 5.74) is 0.424. The van der Waals surface area contributed by atoms with Crippen molar-refractivity contribution in [1.82, 2.24) is 14.9 Å². The zero-order valence-corrected chi connectivity index (χ0v) is 10.3. The van der Waals surface area contributed by atoms with E-state index in [1.165, 1.54) is 29.4 Å². The lowest BCUT2D eigenvalue weighted by atomic mass is 10.2. The largest absolute Gasteiger partial charge is 0.333 e. The van der Waals surface area contributed by atoms with Crippen molar-refractivity contribution >= 4 is 22.0 Å². The predicted octanol–water partition coefficient (Wildman–Crippen LogP) is 2.54.